The van der Waals surface area contributed by atoms with Crippen molar-refractivity contribution in [2.75, 3.05) is 18.8 Å². The molecule has 0 aliphatic carbocycles. The molecule has 6 nitrogen and oxygen atoms in total. The van der Waals surface area contributed by atoms with Gasteiger partial charge in [0.2, 0.25) is 10.0 Å². The molecule has 1 aromatic rings. The number of nitrogens with two attached hydrogens (primary N) is 1. The molecule has 0 atom stereocenters. The maximum absolute atomic E-state index is 12.3. The molecule has 23 heavy (non-hydrogen) atoms. The van der Waals surface area contributed by atoms with E-state index in [2.05, 4.69) is 0 Å². The van der Waals surface area contributed by atoms with E-state index < -0.39 is 21.9 Å². The first kappa shape index (κ1) is 17.7. The van der Waals surface area contributed by atoms with Gasteiger partial charge in [0.25, 0.3) is 0 Å². The summed E-state index contributed by atoms with van der Waals surface area (Å²) in [4.78, 5) is 10.9. The summed E-state index contributed by atoms with van der Waals surface area (Å²) in [5.41, 5.74) is 7.47. The van der Waals surface area contributed by atoms with Gasteiger partial charge in [-0.15, -0.1) is 0 Å². The van der Waals surface area contributed by atoms with Crippen molar-refractivity contribution >= 4 is 22.1 Å². The molecule has 1 aliphatic rings. The molecule has 3 N–H and O–H groups in total. The number of piperidine rings is 1. The summed E-state index contributed by atoms with van der Waals surface area (Å²) in [6, 6.07) is 7.60. The lowest BCUT2D eigenvalue weighted by Gasteiger charge is -2.28. The third-order valence-corrected chi connectivity index (χ3v) is 5.79. The second-order valence-electron chi connectivity index (χ2n) is 5.64. The number of sulfonamides is 1. The maximum Gasteiger partial charge on any atom is 0.306 e. The number of rotatable bonds is 6. The molecule has 0 amide bonds. The zero-order valence-corrected chi connectivity index (χ0v) is 13.7. The Bertz CT molecular complexity index is 660. The van der Waals surface area contributed by atoms with Crippen LogP contribution in [0.3, 0.4) is 0 Å². The van der Waals surface area contributed by atoms with Gasteiger partial charge in [0, 0.05) is 19.6 Å². The van der Waals surface area contributed by atoms with Crippen LogP contribution in [-0.4, -0.2) is 42.6 Å². The van der Waals surface area contributed by atoms with Crippen molar-refractivity contribution in [2.45, 2.75) is 19.4 Å². The molecule has 1 aliphatic heterocycles. The summed E-state index contributed by atoms with van der Waals surface area (Å²) in [6.07, 6.45) is 4.13. The minimum atomic E-state index is -3.38. The van der Waals surface area contributed by atoms with E-state index in [0.29, 0.717) is 19.4 Å². The van der Waals surface area contributed by atoms with E-state index >= 15 is 0 Å². The Labute approximate surface area is 136 Å². The molecular formula is C16H22N2O4S. The Morgan fingerprint density at radius 1 is 1.26 bits per heavy atom. The number of hydrogen-bond donors (Lipinski definition) is 2. The number of aliphatic carboxylic acids is 1. The van der Waals surface area contributed by atoms with Crippen LogP contribution in [0.15, 0.2) is 30.3 Å². The second kappa shape index (κ2) is 7.72. The van der Waals surface area contributed by atoms with Crippen LogP contribution in [0.2, 0.25) is 0 Å². The average molecular weight is 338 g/mol. The third-order valence-electron chi connectivity index (χ3n) is 4.03. The maximum atomic E-state index is 12.3. The van der Waals surface area contributed by atoms with E-state index in [-0.39, 0.29) is 18.8 Å². The highest BCUT2D eigenvalue weighted by Crippen LogP contribution is 2.20. The first-order valence-electron chi connectivity index (χ1n) is 7.58. The molecule has 126 valence electrons. The highest BCUT2D eigenvalue weighted by molar-refractivity contribution is 7.89. The summed E-state index contributed by atoms with van der Waals surface area (Å²) in [5, 5.41) is 8.95. The number of nitrogens with zero attached hydrogens (tertiary/aromatic N) is 1. The van der Waals surface area contributed by atoms with E-state index in [4.69, 9.17) is 10.8 Å². The average Bonchev–Trinajstić information content (AvgIpc) is 2.55. The smallest absolute Gasteiger partial charge is 0.306 e. The molecular weight excluding hydrogens is 316 g/mol. The normalized spacial score (nSPS) is 17.6. The fraction of sp³-hybridized carbons (Fsp3) is 0.438. The van der Waals surface area contributed by atoms with Crippen LogP contribution in [-0.2, 0) is 21.4 Å². The van der Waals surface area contributed by atoms with Gasteiger partial charge < -0.3 is 10.8 Å². The fourth-order valence-electron chi connectivity index (χ4n) is 2.56. The lowest BCUT2D eigenvalue weighted by molar-refractivity contribution is -0.142. The van der Waals surface area contributed by atoms with Gasteiger partial charge >= 0.3 is 5.97 Å². The van der Waals surface area contributed by atoms with Gasteiger partial charge in [-0.3, -0.25) is 4.79 Å². The number of hydrogen-bond acceptors (Lipinski definition) is 4. The molecule has 2 rings (SSSR count). The highest BCUT2D eigenvalue weighted by Gasteiger charge is 2.30. The summed E-state index contributed by atoms with van der Waals surface area (Å²) in [5.74, 6) is -1.36. The van der Waals surface area contributed by atoms with Crippen LogP contribution in [0.25, 0.3) is 6.08 Å². The topological polar surface area (TPSA) is 101 Å². The van der Waals surface area contributed by atoms with E-state index in [0.717, 1.165) is 11.1 Å². The number of carboxylic acids is 1. The monoisotopic (exact) mass is 338 g/mol. The molecule has 0 saturated carbocycles. The largest absolute Gasteiger partial charge is 0.481 e. The Morgan fingerprint density at radius 2 is 1.87 bits per heavy atom. The summed E-state index contributed by atoms with van der Waals surface area (Å²) in [6.45, 7) is 1.03. The van der Waals surface area contributed by atoms with E-state index in [1.807, 2.05) is 24.3 Å². The van der Waals surface area contributed by atoms with Crippen LogP contribution >= 0.6 is 0 Å². The zero-order chi connectivity index (χ0) is 16.9. The Kier molecular flexibility index (Phi) is 5.92. The fourth-order valence-corrected chi connectivity index (χ4v) is 3.87. The van der Waals surface area contributed by atoms with Gasteiger partial charge in [0.05, 0.1) is 11.7 Å². The summed E-state index contributed by atoms with van der Waals surface area (Å²) in [7, 11) is -3.38. The van der Waals surface area contributed by atoms with Gasteiger partial charge in [-0.05, 0) is 24.0 Å². The predicted octanol–water partition coefficient (Wildman–Crippen LogP) is 1.28. The Balaban J connectivity index is 1.91. The van der Waals surface area contributed by atoms with Gasteiger partial charge in [0.15, 0.2) is 0 Å². The van der Waals surface area contributed by atoms with Crippen molar-refractivity contribution in [1.29, 1.82) is 0 Å². The summed E-state index contributed by atoms with van der Waals surface area (Å²) >= 11 is 0. The quantitative estimate of drug-likeness (QED) is 0.814. The summed E-state index contributed by atoms with van der Waals surface area (Å²) < 4.78 is 25.9. The predicted molar refractivity (Wildman–Crippen MR) is 89.1 cm³/mol. The van der Waals surface area contributed by atoms with Crippen LogP contribution in [0.4, 0.5) is 0 Å². The number of carboxylic acid groups (broad SMARTS) is 1. The first-order chi connectivity index (χ1) is 10.9. The number of benzene rings is 1. The van der Waals surface area contributed by atoms with Crippen molar-refractivity contribution in [2.24, 2.45) is 11.7 Å². The van der Waals surface area contributed by atoms with Crippen LogP contribution in [0, 0.1) is 5.92 Å². The van der Waals surface area contributed by atoms with Crippen LogP contribution in [0.5, 0.6) is 0 Å². The lowest BCUT2D eigenvalue weighted by Crippen LogP contribution is -2.41. The Hall–Kier alpha value is -1.70. The van der Waals surface area contributed by atoms with Crippen molar-refractivity contribution < 1.29 is 18.3 Å². The highest BCUT2D eigenvalue weighted by atomic mass is 32.2. The SMILES string of the molecule is NCc1ccc(C=CCS(=O)(=O)N2CCC(C(=O)O)CC2)cc1. The molecule has 1 heterocycles. The molecule has 0 bridgehead atoms. The van der Waals surface area contributed by atoms with Crippen molar-refractivity contribution in [3.8, 4) is 0 Å². The van der Waals surface area contributed by atoms with E-state index in [1.165, 1.54) is 4.31 Å². The molecule has 0 spiro atoms. The molecule has 0 unspecified atom stereocenters. The van der Waals surface area contributed by atoms with Gasteiger partial charge in [-0.25, -0.2) is 12.7 Å². The zero-order valence-electron chi connectivity index (χ0n) is 12.9. The lowest BCUT2D eigenvalue weighted by atomic mass is 9.99. The van der Waals surface area contributed by atoms with Gasteiger partial charge in [-0.2, -0.15) is 0 Å². The molecule has 1 aromatic carbocycles. The molecule has 0 radical (unpaired) electrons. The minimum Gasteiger partial charge on any atom is -0.481 e. The minimum absolute atomic E-state index is 0.0800. The number of carbonyl (C=O) groups is 1. The van der Waals surface area contributed by atoms with E-state index in [9.17, 15) is 13.2 Å². The van der Waals surface area contributed by atoms with Gasteiger partial charge in [-0.1, -0.05) is 36.4 Å². The molecule has 1 fully saturated rings. The second-order valence-corrected chi connectivity index (χ2v) is 7.65. The van der Waals surface area contributed by atoms with Crippen LogP contribution < -0.4 is 5.73 Å². The molecule has 1 saturated heterocycles. The van der Waals surface area contributed by atoms with Crippen LogP contribution in [0.1, 0.15) is 24.0 Å². The third kappa shape index (κ3) is 4.89. The standard InChI is InChI=1S/C16H22N2O4S/c17-12-14-5-3-13(4-6-14)2-1-11-23(21,22)18-9-7-15(8-10-18)16(19)20/h1-6,15H,7-12,17H2,(H,19,20). The van der Waals surface area contributed by atoms with E-state index in [1.54, 1.807) is 12.2 Å². The van der Waals surface area contributed by atoms with Crippen molar-refractivity contribution in [3.05, 3.63) is 41.5 Å². The van der Waals surface area contributed by atoms with Crippen molar-refractivity contribution in [1.82, 2.24) is 4.31 Å². The van der Waals surface area contributed by atoms with Crippen molar-refractivity contribution in [3.63, 3.8) is 0 Å². The molecule has 0 aromatic heterocycles. The Morgan fingerprint density at radius 3 is 2.39 bits per heavy atom. The van der Waals surface area contributed by atoms with Gasteiger partial charge in [0.1, 0.15) is 0 Å². The first-order valence-corrected chi connectivity index (χ1v) is 9.19. The molecule has 7 heteroatoms.